The van der Waals surface area contributed by atoms with Crippen LogP contribution in [0.3, 0.4) is 0 Å². The van der Waals surface area contributed by atoms with Crippen molar-refractivity contribution in [1.82, 2.24) is 5.32 Å². The van der Waals surface area contributed by atoms with Gasteiger partial charge in [-0.1, -0.05) is 19.8 Å². The molecule has 0 heterocycles. The summed E-state index contributed by atoms with van der Waals surface area (Å²) in [6, 6.07) is 0.347. The largest absolute Gasteiger partial charge is 0.411 e. The molecule has 0 bridgehead atoms. The monoisotopic (exact) mass is 227 g/mol. The molecule has 0 aromatic carbocycles. The van der Waals surface area contributed by atoms with Gasteiger partial charge in [-0.2, -0.15) is 13.2 Å². The van der Waals surface area contributed by atoms with E-state index in [4.69, 9.17) is 0 Å². The molecule has 92 valence electrons. The molecular weight excluding hydrogens is 207 g/mol. The van der Waals surface area contributed by atoms with E-state index in [0.29, 0.717) is 12.6 Å². The van der Waals surface area contributed by atoms with E-state index in [2.05, 4.69) is 17.0 Å². The second-order valence-electron chi connectivity index (χ2n) is 3.67. The van der Waals surface area contributed by atoms with Crippen LogP contribution in [0.5, 0.6) is 0 Å². The Balaban J connectivity index is 3.23. The van der Waals surface area contributed by atoms with Crippen molar-refractivity contribution in [1.29, 1.82) is 0 Å². The zero-order valence-electron chi connectivity index (χ0n) is 9.36. The summed E-state index contributed by atoms with van der Waals surface area (Å²) in [7, 11) is 0. The van der Waals surface area contributed by atoms with Gasteiger partial charge in [0.15, 0.2) is 0 Å². The lowest BCUT2D eigenvalue weighted by atomic mass is 10.1. The zero-order valence-corrected chi connectivity index (χ0v) is 9.36. The van der Waals surface area contributed by atoms with Crippen LogP contribution in [-0.2, 0) is 4.74 Å². The van der Waals surface area contributed by atoms with Crippen LogP contribution in [0.2, 0.25) is 0 Å². The van der Waals surface area contributed by atoms with Crippen LogP contribution < -0.4 is 5.32 Å². The van der Waals surface area contributed by atoms with Crippen LogP contribution in [0.15, 0.2) is 0 Å². The summed E-state index contributed by atoms with van der Waals surface area (Å²) in [5, 5.41) is 3.11. The predicted molar refractivity (Wildman–Crippen MR) is 53.9 cm³/mol. The molecule has 0 rings (SSSR count). The summed E-state index contributed by atoms with van der Waals surface area (Å²) in [5.74, 6) is 0. The molecule has 0 spiro atoms. The molecule has 0 fully saturated rings. The topological polar surface area (TPSA) is 21.3 Å². The molecule has 15 heavy (non-hydrogen) atoms. The number of hydrogen-bond donors (Lipinski definition) is 1. The predicted octanol–water partition coefficient (Wildman–Crippen LogP) is 2.73. The highest BCUT2D eigenvalue weighted by atomic mass is 19.4. The Kier molecular flexibility index (Phi) is 7.78. The van der Waals surface area contributed by atoms with Crippen LogP contribution in [-0.4, -0.2) is 32.0 Å². The Morgan fingerprint density at radius 3 is 2.53 bits per heavy atom. The fraction of sp³-hybridized carbons (Fsp3) is 1.00. The summed E-state index contributed by atoms with van der Waals surface area (Å²) in [4.78, 5) is 0. The Morgan fingerprint density at radius 2 is 2.00 bits per heavy atom. The van der Waals surface area contributed by atoms with Gasteiger partial charge in [0.05, 0.1) is 6.61 Å². The molecule has 0 aromatic rings. The second kappa shape index (κ2) is 7.93. The lowest BCUT2D eigenvalue weighted by molar-refractivity contribution is -0.173. The minimum atomic E-state index is -4.21. The first-order chi connectivity index (χ1) is 6.95. The first-order valence-corrected chi connectivity index (χ1v) is 5.33. The molecule has 1 N–H and O–H groups in total. The number of alkyl halides is 3. The standard InChI is InChI=1S/C10H20F3NO/c1-3-4-5-9(2)14-6-7-15-8-10(11,12)13/h9,14H,3-8H2,1-2H3. The molecule has 0 saturated heterocycles. The molecule has 2 nitrogen and oxygen atoms in total. The average molecular weight is 227 g/mol. The highest BCUT2D eigenvalue weighted by molar-refractivity contribution is 4.59. The molecule has 1 unspecified atom stereocenters. The van der Waals surface area contributed by atoms with Crippen molar-refractivity contribution in [2.45, 2.75) is 45.3 Å². The van der Waals surface area contributed by atoms with Gasteiger partial charge in [0, 0.05) is 12.6 Å². The van der Waals surface area contributed by atoms with Gasteiger partial charge in [0.25, 0.3) is 0 Å². The molecular formula is C10H20F3NO. The van der Waals surface area contributed by atoms with Crippen LogP contribution >= 0.6 is 0 Å². The summed E-state index contributed by atoms with van der Waals surface area (Å²) in [5.41, 5.74) is 0. The van der Waals surface area contributed by atoms with E-state index in [1.165, 1.54) is 0 Å². The number of nitrogens with one attached hydrogen (secondary N) is 1. The molecule has 1 atom stereocenters. The van der Waals surface area contributed by atoms with Crippen molar-refractivity contribution in [3.8, 4) is 0 Å². The third-order valence-electron chi connectivity index (χ3n) is 2.00. The molecule has 0 aromatic heterocycles. The Hall–Kier alpha value is -0.290. The van der Waals surface area contributed by atoms with Gasteiger partial charge in [-0.25, -0.2) is 0 Å². The van der Waals surface area contributed by atoms with Crippen LogP contribution in [0.25, 0.3) is 0 Å². The van der Waals surface area contributed by atoms with Crippen molar-refractivity contribution in [3.63, 3.8) is 0 Å². The maximum atomic E-state index is 11.7. The van der Waals surface area contributed by atoms with E-state index in [1.807, 2.05) is 6.92 Å². The first-order valence-electron chi connectivity index (χ1n) is 5.33. The number of rotatable bonds is 8. The van der Waals surface area contributed by atoms with E-state index < -0.39 is 12.8 Å². The Bertz CT molecular complexity index is 150. The number of halogens is 3. The highest BCUT2D eigenvalue weighted by Gasteiger charge is 2.27. The maximum absolute atomic E-state index is 11.7. The smallest absolute Gasteiger partial charge is 0.371 e. The SMILES string of the molecule is CCCCC(C)NCCOCC(F)(F)F. The molecule has 0 saturated carbocycles. The van der Waals surface area contributed by atoms with Gasteiger partial charge < -0.3 is 10.1 Å². The highest BCUT2D eigenvalue weighted by Crippen LogP contribution is 2.13. The molecule has 0 aliphatic heterocycles. The number of unbranched alkanes of at least 4 members (excludes halogenated alkanes) is 1. The van der Waals surface area contributed by atoms with E-state index in [1.54, 1.807) is 0 Å². The minimum Gasteiger partial charge on any atom is -0.371 e. The van der Waals surface area contributed by atoms with Crippen LogP contribution in [0.4, 0.5) is 13.2 Å². The lowest BCUT2D eigenvalue weighted by Gasteiger charge is -2.13. The fourth-order valence-corrected chi connectivity index (χ4v) is 1.18. The second-order valence-corrected chi connectivity index (χ2v) is 3.67. The zero-order chi connectivity index (χ0) is 11.7. The molecule has 0 amide bonds. The van der Waals surface area contributed by atoms with Gasteiger partial charge in [0.2, 0.25) is 0 Å². The number of hydrogen-bond acceptors (Lipinski definition) is 2. The third-order valence-corrected chi connectivity index (χ3v) is 2.00. The minimum absolute atomic E-state index is 0.107. The normalized spacial score (nSPS) is 14.2. The summed E-state index contributed by atoms with van der Waals surface area (Å²) >= 11 is 0. The van der Waals surface area contributed by atoms with Crippen molar-refractivity contribution in [2.75, 3.05) is 19.8 Å². The molecule has 0 aliphatic carbocycles. The Morgan fingerprint density at radius 1 is 1.33 bits per heavy atom. The van der Waals surface area contributed by atoms with E-state index >= 15 is 0 Å². The average Bonchev–Trinajstić information content (AvgIpc) is 2.12. The van der Waals surface area contributed by atoms with Crippen LogP contribution in [0.1, 0.15) is 33.1 Å². The summed E-state index contributed by atoms with van der Waals surface area (Å²) < 4.78 is 39.5. The van der Waals surface area contributed by atoms with Crippen molar-refractivity contribution < 1.29 is 17.9 Å². The third kappa shape index (κ3) is 11.6. The number of ether oxygens (including phenoxy) is 1. The molecule has 5 heteroatoms. The van der Waals surface area contributed by atoms with Crippen molar-refractivity contribution >= 4 is 0 Å². The lowest BCUT2D eigenvalue weighted by Crippen LogP contribution is -2.30. The first kappa shape index (κ1) is 14.7. The van der Waals surface area contributed by atoms with Gasteiger partial charge in [-0.3, -0.25) is 0 Å². The van der Waals surface area contributed by atoms with Gasteiger partial charge >= 0.3 is 6.18 Å². The van der Waals surface area contributed by atoms with Gasteiger partial charge in [-0.15, -0.1) is 0 Å². The Labute approximate surface area is 89.2 Å². The maximum Gasteiger partial charge on any atom is 0.411 e. The van der Waals surface area contributed by atoms with Crippen molar-refractivity contribution in [2.24, 2.45) is 0 Å². The van der Waals surface area contributed by atoms with Gasteiger partial charge in [-0.05, 0) is 13.3 Å². The summed E-state index contributed by atoms with van der Waals surface area (Å²) in [6.45, 7) is 3.56. The summed E-state index contributed by atoms with van der Waals surface area (Å²) in [6.07, 6.45) is -0.891. The van der Waals surface area contributed by atoms with Gasteiger partial charge in [0.1, 0.15) is 6.61 Å². The fourth-order valence-electron chi connectivity index (χ4n) is 1.18. The van der Waals surface area contributed by atoms with Crippen LogP contribution in [0, 0.1) is 0 Å². The quantitative estimate of drug-likeness (QED) is 0.644. The van der Waals surface area contributed by atoms with E-state index in [9.17, 15) is 13.2 Å². The van der Waals surface area contributed by atoms with E-state index in [0.717, 1.165) is 19.3 Å². The van der Waals surface area contributed by atoms with Crippen molar-refractivity contribution in [3.05, 3.63) is 0 Å². The van der Waals surface area contributed by atoms with E-state index in [-0.39, 0.29) is 6.61 Å². The molecule has 0 radical (unpaired) electrons. The molecule has 0 aliphatic rings.